The van der Waals surface area contributed by atoms with Gasteiger partial charge in [0.2, 0.25) is 0 Å². The number of benzene rings is 1. The van der Waals surface area contributed by atoms with E-state index in [9.17, 15) is 17.2 Å². The molecule has 23 heavy (non-hydrogen) atoms. The topological polar surface area (TPSA) is 61.4 Å². The summed E-state index contributed by atoms with van der Waals surface area (Å²) in [5.74, 6) is -1.13. The number of hydrogen-bond acceptors (Lipinski definition) is 5. The third-order valence-electron chi connectivity index (χ3n) is 4.12. The molecule has 2 N–H and O–H groups in total. The fourth-order valence-electron chi connectivity index (χ4n) is 2.83. The highest BCUT2D eigenvalue weighted by Crippen LogP contribution is 2.29. The molecule has 0 amide bonds. The van der Waals surface area contributed by atoms with Gasteiger partial charge in [0.15, 0.2) is 0 Å². The first kappa shape index (κ1) is 18.3. The molecule has 2 rings (SSSR count). The van der Waals surface area contributed by atoms with Crippen molar-refractivity contribution in [3.8, 4) is 0 Å². The quantitative estimate of drug-likeness (QED) is 0.773. The molecule has 1 aliphatic heterocycles. The van der Waals surface area contributed by atoms with Crippen molar-refractivity contribution in [1.29, 1.82) is 0 Å². The fraction of sp³-hybridized carbons (Fsp3) is 0.600. The summed E-state index contributed by atoms with van der Waals surface area (Å²) in [4.78, 5) is 1.99. The van der Waals surface area contributed by atoms with Gasteiger partial charge < -0.3 is 4.90 Å². The summed E-state index contributed by atoms with van der Waals surface area (Å²) in [5, 5.41) is 0. The van der Waals surface area contributed by atoms with E-state index in [-0.39, 0.29) is 17.2 Å². The zero-order chi connectivity index (χ0) is 17.0. The minimum atomic E-state index is -3.03. The van der Waals surface area contributed by atoms with Crippen molar-refractivity contribution in [2.45, 2.75) is 13.0 Å². The van der Waals surface area contributed by atoms with Gasteiger partial charge in [0, 0.05) is 37.4 Å². The predicted octanol–water partition coefficient (Wildman–Crippen LogP) is 1.10. The van der Waals surface area contributed by atoms with Gasteiger partial charge in [-0.15, -0.1) is 0 Å². The smallest absolute Gasteiger partial charge is 0.148 e. The second-order valence-corrected chi connectivity index (χ2v) is 8.18. The molecule has 130 valence electrons. The van der Waals surface area contributed by atoms with E-state index >= 15 is 0 Å². The number of rotatable bonds is 7. The van der Waals surface area contributed by atoms with E-state index < -0.39 is 27.5 Å². The number of hydrazine groups is 1. The largest absolute Gasteiger partial charge is 0.302 e. The van der Waals surface area contributed by atoms with Crippen LogP contribution in [-0.4, -0.2) is 51.5 Å². The van der Waals surface area contributed by atoms with Crippen LogP contribution in [0.4, 0.5) is 8.78 Å². The molecule has 0 aromatic heterocycles. The average Bonchev–Trinajstić information content (AvgIpc) is 2.90. The lowest BCUT2D eigenvalue weighted by molar-refractivity contribution is 0.244. The van der Waals surface area contributed by atoms with E-state index in [1.54, 1.807) is 0 Å². The molecule has 8 heteroatoms. The van der Waals surface area contributed by atoms with Gasteiger partial charge in [0.25, 0.3) is 0 Å². The Kier molecular flexibility index (Phi) is 6.07. The maximum atomic E-state index is 14.0. The van der Waals surface area contributed by atoms with Crippen LogP contribution < -0.4 is 10.9 Å². The highest BCUT2D eigenvalue weighted by Gasteiger charge is 2.33. The molecule has 1 aliphatic rings. The summed E-state index contributed by atoms with van der Waals surface area (Å²) >= 11 is 0. The number of halogens is 2. The van der Waals surface area contributed by atoms with E-state index in [1.807, 2.05) is 11.8 Å². The van der Waals surface area contributed by atoms with Gasteiger partial charge in [0.1, 0.15) is 21.5 Å². The van der Waals surface area contributed by atoms with E-state index in [0.29, 0.717) is 26.2 Å². The van der Waals surface area contributed by atoms with E-state index in [1.165, 1.54) is 24.5 Å². The Balaban J connectivity index is 2.09. The second kappa shape index (κ2) is 7.65. The highest BCUT2D eigenvalue weighted by molar-refractivity contribution is 7.90. The Hall–Kier alpha value is -1.09. The van der Waals surface area contributed by atoms with Crippen LogP contribution in [0.25, 0.3) is 0 Å². The van der Waals surface area contributed by atoms with Crippen LogP contribution in [0, 0.1) is 17.6 Å². The number of nitrogens with zero attached hydrogens (tertiary/aromatic N) is 1. The van der Waals surface area contributed by atoms with Gasteiger partial charge in [-0.25, -0.2) is 22.6 Å². The first-order valence-corrected chi connectivity index (χ1v) is 9.70. The lowest BCUT2D eigenvalue weighted by atomic mass is 9.93. The van der Waals surface area contributed by atoms with Crippen LogP contribution in [0.5, 0.6) is 0 Å². The summed E-state index contributed by atoms with van der Waals surface area (Å²) < 4.78 is 50.6. The summed E-state index contributed by atoms with van der Waals surface area (Å²) in [5.41, 5.74) is 5.91. The summed E-state index contributed by atoms with van der Waals surface area (Å²) in [6.45, 7) is 4.16. The van der Waals surface area contributed by atoms with Crippen molar-refractivity contribution >= 4 is 9.84 Å². The summed E-state index contributed by atoms with van der Waals surface area (Å²) in [7, 11) is -3.03. The molecule has 0 bridgehead atoms. The van der Waals surface area contributed by atoms with Gasteiger partial charge in [-0.2, -0.15) is 0 Å². The lowest BCUT2D eigenvalue weighted by Gasteiger charge is -2.27. The van der Waals surface area contributed by atoms with Crippen molar-refractivity contribution in [2.75, 3.05) is 38.2 Å². The maximum Gasteiger partial charge on any atom is 0.148 e. The first-order chi connectivity index (χ1) is 10.8. The molecule has 1 aromatic rings. The van der Waals surface area contributed by atoms with Gasteiger partial charge in [-0.05, 0) is 18.7 Å². The van der Waals surface area contributed by atoms with Crippen LogP contribution in [0.15, 0.2) is 18.2 Å². The number of nitrogens with one attached hydrogen (secondary N) is 2. The Bertz CT molecular complexity index is 619. The molecule has 0 saturated carbocycles. The summed E-state index contributed by atoms with van der Waals surface area (Å²) in [6, 6.07) is 3.35. The Morgan fingerprint density at radius 2 is 1.96 bits per heavy atom. The van der Waals surface area contributed by atoms with Gasteiger partial charge in [-0.1, -0.05) is 13.0 Å². The molecule has 1 fully saturated rings. The van der Waals surface area contributed by atoms with Crippen LogP contribution >= 0.6 is 0 Å². The summed E-state index contributed by atoms with van der Waals surface area (Å²) in [6.07, 6.45) is 1.21. The predicted molar refractivity (Wildman–Crippen MR) is 85.6 cm³/mol. The highest BCUT2D eigenvalue weighted by atomic mass is 32.2. The molecular weight excluding hydrogens is 324 g/mol. The van der Waals surface area contributed by atoms with Gasteiger partial charge >= 0.3 is 0 Å². The normalized spacial score (nSPS) is 22.0. The van der Waals surface area contributed by atoms with Crippen molar-refractivity contribution in [2.24, 2.45) is 5.92 Å². The van der Waals surface area contributed by atoms with Crippen molar-refractivity contribution in [3.05, 3.63) is 35.4 Å². The molecule has 2 atom stereocenters. The van der Waals surface area contributed by atoms with Crippen LogP contribution in [0.2, 0.25) is 0 Å². The molecule has 1 aromatic carbocycles. The van der Waals surface area contributed by atoms with Gasteiger partial charge in [-0.3, -0.25) is 5.43 Å². The molecule has 1 saturated heterocycles. The standard InChI is InChI=1S/C15H23F2N3O2S/c1-3-20(7-8-23(2,21)22)10-11-9-18-19-15(11)14-12(16)5-4-6-13(14)17/h4-6,11,15,18-19H,3,7-10H2,1-2H3. The number of hydrogen-bond donors (Lipinski definition) is 2. The SMILES string of the molecule is CCN(CCS(C)(=O)=O)CC1CNNC1c1c(F)cccc1F. The van der Waals surface area contributed by atoms with Crippen molar-refractivity contribution in [1.82, 2.24) is 15.8 Å². The third kappa shape index (κ3) is 4.94. The molecule has 0 radical (unpaired) electrons. The van der Waals surface area contributed by atoms with Gasteiger partial charge in [0.05, 0.1) is 11.8 Å². The van der Waals surface area contributed by atoms with E-state index in [0.717, 1.165) is 0 Å². The fourth-order valence-corrected chi connectivity index (χ4v) is 3.42. The second-order valence-electron chi connectivity index (χ2n) is 5.92. The third-order valence-corrected chi connectivity index (χ3v) is 5.05. The van der Waals surface area contributed by atoms with Crippen molar-refractivity contribution in [3.63, 3.8) is 0 Å². The number of sulfone groups is 1. The Labute approximate surface area is 135 Å². The molecule has 0 spiro atoms. The van der Waals surface area contributed by atoms with Crippen LogP contribution in [0.1, 0.15) is 18.5 Å². The molecular formula is C15H23F2N3O2S. The lowest BCUT2D eigenvalue weighted by Crippen LogP contribution is -2.36. The molecule has 1 heterocycles. The minimum absolute atomic E-state index is 0.0293. The molecule has 2 unspecified atom stereocenters. The van der Waals surface area contributed by atoms with Crippen LogP contribution in [0.3, 0.4) is 0 Å². The first-order valence-electron chi connectivity index (χ1n) is 7.64. The van der Waals surface area contributed by atoms with E-state index in [4.69, 9.17) is 0 Å². The van der Waals surface area contributed by atoms with Crippen LogP contribution in [-0.2, 0) is 9.84 Å². The zero-order valence-corrected chi connectivity index (χ0v) is 14.2. The molecule has 0 aliphatic carbocycles. The monoisotopic (exact) mass is 347 g/mol. The minimum Gasteiger partial charge on any atom is -0.302 e. The van der Waals surface area contributed by atoms with Crippen molar-refractivity contribution < 1.29 is 17.2 Å². The molecule has 5 nitrogen and oxygen atoms in total. The maximum absolute atomic E-state index is 14.0. The Morgan fingerprint density at radius 3 is 2.52 bits per heavy atom. The zero-order valence-electron chi connectivity index (χ0n) is 13.4. The average molecular weight is 347 g/mol. The van der Waals surface area contributed by atoms with E-state index in [2.05, 4.69) is 10.9 Å². The Morgan fingerprint density at radius 1 is 1.30 bits per heavy atom.